The molecular weight excluding hydrogens is 349 g/mol. The average Bonchev–Trinajstić information content (AvgIpc) is 2.82. The predicted octanol–water partition coefficient (Wildman–Crippen LogP) is 0.776. The van der Waals surface area contributed by atoms with E-state index in [2.05, 4.69) is 9.98 Å². The summed E-state index contributed by atoms with van der Waals surface area (Å²) < 4.78 is 39.4. The third-order valence-corrected chi connectivity index (χ3v) is 4.58. The van der Waals surface area contributed by atoms with Crippen LogP contribution in [0.2, 0.25) is 0 Å². The molecule has 1 heterocycles. The number of nitrogens with two attached hydrogens (primary N) is 2. The number of guanidine groups is 1. The standard InChI is InChI=1S/C15H18FN5O3S/c1-8-7-21(9(2)19-8)12-4-10(6-16)11(14(22)20-15(17)18)5-13(12)25(3,23)24/h4-5,7H,6H2,1-3H3,(H4,17,18,20,22). The van der Waals surface area contributed by atoms with Gasteiger partial charge in [-0.25, -0.2) is 17.8 Å². The monoisotopic (exact) mass is 367 g/mol. The van der Waals surface area contributed by atoms with Gasteiger partial charge in [0.1, 0.15) is 12.5 Å². The van der Waals surface area contributed by atoms with Gasteiger partial charge in [0.2, 0.25) is 0 Å². The van der Waals surface area contributed by atoms with Crippen molar-refractivity contribution in [3.8, 4) is 5.69 Å². The van der Waals surface area contributed by atoms with Gasteiger partial charge in [-0.05, 0) is 31.5 Å². The minimum absolute atomic E-state index is 0.0249. The molecule has 8 nitrogen and oxygen atoms in total. The van der Waals surface area contributed by atoms with E-state index in [-0.39, 0.29) is 21.7 Å². The number of sulfone groups is 1. The molecule has 2 aromatic rings. The maximum Gasteiger partial charge on any atom is 0.280 e. The van der Waals surface area contributed by atoms with Gasteiger partial charge in [0.15, 0.2) is 15.8 Å². The van der Waals surface area contributed by atoms with E-state index in [1.165, 1.54) is 10.6 Å². The number of aryl methyl sites for hydroxylation is 2. The van der Waals surface area contributed by atoms with Crippen LogP contribution in [0.25, 0.3) is 5.69 Å². The number of aromatic nitrogens is 2. The van der Waals surface area contributed by atoms with Crippen LogP contribution in [0.4, 0.5) is 4.39 Å². The van der Waals surface area contributed by atoms with Crippen molar-refractivity contribution in [3.63, 3.8) is 0 Å². The number of imidazole rings is 1. The molecule has 0 aliphatic heterocycles. The summed E-state index contributed by atoms with van der Waals surface area (Å²) in [6.45, 7) is 2.44. The molecule has 10 heteroatoms. The molecule has 0 saturated heterocycles. The highest BCUT2D eigenvalue weighted by atomic mass is 32.2. The highest BCUT2D eigenvalue weighted by Gasteiger charge is 2.22. The quantitative estimate of drug-likeness (QED) is 0.606. The molecule has 0 aliphatic carbocycles. The number of carbonyl (C=O) groups excluding carboxylic acids is 1. The Balaban J connectivity index is 2.84. The van der Waals surface area contributed by atoms with Crippen molar-refractivity contribution >= 4 is 21.7 Å². The molecule has 0 spiro atoms. The van der Waals surface area contributed by atoms with E-state index in [1.54, 1.807) is 20.0 Å². The van der Waals surface area contributed by atoms with Gasteiger partial charge < -0.3 is 16.0 Å². The first kappa shape index (κ1) is 18.6. The predicted molar refractivity (Wildman–Crippen MR) is 91.1 cm³/mol. The molecule has 1 amide bonds. The molecule has 0 bridgehead atoms. The average molecular weight is 367 g/mol. The van der Waals surface area contributed by atoms with E-state index in [9.17, 15) is 17.6 Å². The van der Waals surface area contributed by atoms with E-state index >= 15 is 0 Å². The van der Waals surface area contributed by atoms with Crippen molar-refractivity contribution in [1.82, 2.24) is 9.55 Å². The van der Waals surface area contributed by atoms with Gasteiger partial charge >= 0.3 is 0 Å². The Kier molecular flexibility index (Phi) is 4.93. The Morgan fingerprint density at radius 2 is 1.96 bits per heavy atom. The van der Waals surface area contributed by atoms with Crippen molar-refractivity contribution in [2.75, 3.05) is 6.26 Å². The fourth-order valence-corrected chi connectivity index (χ4v) is 3.32. The molecule has 25 heavy (non-hydrogen) atoms. The maximum absolute atomic E-state index is 13.5. The fourth-order valence-electron chi connectivity index (χ4n) is 2.45. The summed E-state index contributed by atoms with van der Waals surface area (Å²) in [4.78, 5) is 19.5. The molecule has 4 N–H and O–H groups in total. The molecular formula is C15H18FN5O3S. The van der Waals surface area contributed by atoms with Crippen LogP contribution in [-0.2, 0) is 16.5 Å². The molecule has 134 valence electrons. The van der Waals surface area contributed by atoms with E-state index < -0.39 is 28.4 Å². The summed E-state index contributed by atoms with van der Waals surface area (Å²) in [6.07, 6.45) is 2.62. The summed E-state index contributed by atoms with van der Waals surface area (Å²) in [5, 5.41) is 0. The van der Waals surface area contributed by atoms with Gasteiger partial charge in [-0.3, -0.25) is 4.79 Å². The molecule has 0 saturated carbocycles. The summed E-state index contributed by atoms with van der Waals surface area (Å²) in [7, 11) is -3.73. The SMILES string of the molecule is Cc1cn(-c2cc(CF)c(C(=O)N=C(N)N)cc2S(C)(=O)=O)c(C)n1. The Morgan fingerprint density at radius 3 is 2.40 bits per heavy atom. The summed E-state index contributed by atoms with van der Waals surface area (Å²) in [6, 6.07) is 2.38. The normalized spacial score (nSPS) is 11.4. The van der Waals surface area contributed by atoms with Crippen molar-refractivity contribution in [3.05, 3.63) is 41.0 Å². The first-order valence-corrected chi connectivity index (χ1v) is 9.03. The number of amides is 1. The van der Waals surface area contributed by atoms with Gasteiger partial charge in [-0.2, -0.15) is 4.99 Å². The highest BCUT2D eigenvalue weighted by Crippen LogP contribution is 2.27. The molecule has 0 fully saturated rings. The second kappa shape index (κ2) is 6.63. The summed E-state index contributed by atoms with van der Waals surface area (Å²) >= 11 is 0. The Hall–Kier alpha value is -2.75. The molecule has 0 aliphatic rings. The van der Waals surface area contributed by atoms with Crippen molar-refractivity contribution < 1.29 is 17.6 Å². The van der Waals surface area contributed by atoms with Gasteiger partial charge in [-0.1, -0.05) is 0 Å². The van der Waals surface area contributed by atoms with E-state index in [1.807, 2.05) is 0 Å². The number of hydrogen-bond donors (Lipinski definition) is 2. The van der Waals surface area contributed by atoms with Crippen LogP contribution in [0.15, 0.2) is 28.2 Å². The maximum atomic E-state index is 13.5. The summed E-state index contributed by atoms with van der Waals surface area (Å²) in [5.74, 6) is -0.890. The zero-order valence-electron chi connectivity index (χ0n) is 13.9. The Bertz CT molecular complexity index is 975. The number of benzene rings is 1. The minimum Gasteiger partial charge on any atom is -0.370 e. The molecule has 0 atom stereocenters. The smallest absolute Gasteiger partial charge is 0.280 e. The molecule has 0 unspecified atom stereocenters. The van der Waals surface area contributed by atoms with Gasteiger partial charge in [0, 0.05) is 18.0 Å². The van der Waals surface area contributed by atoms with E-state index in [0.717, 1.165) is 12.3 Å². The first-order valence-electron chi connectivity index (χ1n) is 7.14. The van der Waals surface area contributed by atoms with Gasteiger partial charge in [-0.15, -0.1) is 0 Å². The number of carbonyl (C=O) groups is 1. The lowest BCUT2D eigenvalue weighted by Gasteiger charge is -2.14. The van der Waals surface area contributed by atoms with Crippen LogP contribution in [-0.4, -0.2) is 36.1 Å². The van der Waals surface area contributed by atoms with E-state index in [0.29, 0.717) is 11.5 Å². The number of nitrogens with zero attached hydrogens (tertiary/aromatic N) is 3. The largest absolute Gasteiger partial charge is 0.370 e. The second-order valence-electron chi connectivity index (χ2n) is 5.52. The number of aliphatic imine (C=N–C) groups is 1. The topological polar surface area (TPSA) is 133 Å². The highest BCUT2D eigenvalue weighted by molar-refractivity contribution is 7.90. The van der Waals surface area contributed by atoms with Crippen molar-refractivity contribution in [2.24, 2.45) is 16.5 Å². The number of rotatable bonds is 4. The number of hydrogen-bond acceptors (Lipinski definition) is 4. The third kappa shape index (κ3) is 3.85. The lowest BCUT2D eigenvalue weighted by atomic mass is 10.1. The minimum atomic E-state index is -3.73. The van der Waals surface area contributed by atoms with Crippen LogP contribution in [0.1, 0.15) is 27.4 Å². The second-order valence-corrected chi connectivity index (χ2v) is 7.51. The Morgan fingerprint density at radius 1 is 1.32 bits per heavy atom. The Labute approximate surface area is 144 Å². The zero-order valence-corrected chi connectivity index (χ0v) is 14.8. The zero-order chi connectivity index (χ0) is 18.9. The fraction of sp³-hybridized carbons (Fsp3) is 0.267. The van der Waals surface area contributed by atoms with Crippen molar-refractivity contribution in [2.45, 2.75) is 25.4 Å². The van der Waals surface area contributed by atoms with Crippen LogP contribution >= 0.6 is 0 Å². The first-order chi connectivity index (χ1) is 11.5. The van der Waals surface area contributed by atoms with Crippen molar-refractivity contribution in [1.29, 1.82) is 0 Å². The van der Waals surface area contributed by atoms with Crippen LogP contribution in [0, 0.1) is 13.8 Å². The molecule has 1 aromatic heterocycles. The van der Waals surface area contributed by atoms with Crippen LogP contribution in [0.5, 0.6) is 0 Å². The van der Waals surface area contributed by atoms with Gasteiger partial charge in [0.05, 0.1) is 16.3 Å². The lowest BCUT2D eigenvalue weighted by molar-refractivity contribution is 0.100. The van der Waals surface area contributed by atoms with Crippen LogP contribution in [0.3, 0.4) is 0 Å². The van der Waals surface area contributed by atoms with E-state index in [4.69, 9.17) is 11.5 Å². The molecule has 0 radical (unpaired) electrons. The number of halogens is 1. The summed E-state index contributed by atoms with van der Waals surface area (Å²) in [5.41, 5.74) is 11.0. The van der Waals surface area contributed by atoms with Gasteiger partial charge in [0.25, 0.3) is 5.91 Å². The third-order valence-electron chi connectivity index (χ3n) is 3.45. The van der Waals surface area contributed by atoms with Crippen LogP contribution < -0.4 is 11.5 Å². The molecule has 1 aromatic carbocycles. The molecule has 2 rings (SSSR count). The lowest BCUT2D eigenvalue weighted by Crippen LogP contribution is -2.24. The number of alkyl halides is 1.